The average molecular weight is 630 g/mol. The van der Waals surface area contributed by atoms with Gasteiger partial charge in [-0.15, -0.1) is 0 Å². The molecule has 0 bridgehead atoms. The van der Waals surface area contributed by atoms with Crippen molar-refractivity contribution in [2.45, 2.75) is 50.0 Å². The van der Waals surface area contributed by atoms with Crippen LogP contribution in [0.25, 0.3) is 28.2 Å². The molecule has 12 heteroatoms. The molecule has 1 aliphatic rings. The molecule has 1 amide bonds. The second kappa shape index (κ2) is 13.1. The van der Waals surface area contributed by atoms with Gasteiger partial charge in [0, 0.05) is 43.0 Å². The summed E-state index contributed by atoms with van der Waals surface area (Å²) in [5.41, 5.74) is 5.11. The fraction of sp³-hybridized carbons (Fsp3) is 0.257. The van der Waals surface area contributed by atoms with Crippen LogP contribution in [0.15, 0.2) is 104 Å². The predicted molar refractivity (Wildman–Crippen MR) is 177 cm³/mol. The first-order valence-electron chi connectivity index (χ1n) is 15.7. The Labute approximate surface area is 271 Å². The number of hydrogen-bond donors (Lipinski definition) is 4. The Hall–Kier alpha value is -5.46. The Bertz CT molecular complexity index is 1920. The molecular formula is C35H35N9O3. The lowest BCUT2D eigenvalue weighted by Gasteiger charge is -2.20. The fourth-order valence-electron chi connectivity index (χ4n) is 6.23. The van der Waals surface area contributed by atoms with Gasteiger partial charge in [0.1, 0.15) is 12.2 Å². The van der Waals surface area contributed by atoms with E-state index < -0.39 is 24.3 Å². The zero-order valence-electron chi connectivity index (χ0n) is 25.8. The number of nitrogens with one attached hydrogen (secondary N) is 2. The van der Waals surface area contributed by atoms with E-state index in [4.69, 9.17) is 15.0 Å². The molecule has 2 aromatic carbocycles. The van der Waals surface area contributed by atoms with E-state index in [2.05, 4.69) is 45.0 Å². The molecule has 0 unspecified atom stereocenters. The largest absolute Gasteiger partial charge is 0.388 e. The quantitative estimate of drug-likeness (QED) is 0.177. The summed E-state index contributed by atoms with van der Waals surface area (Å²) in [6, 6.07) is 23.2. The number of anilines is 1. The lowest BCUT2D eigenvalue weighted by atomic mass is 9.91. The highest BCUT2D eigenvalue weighted by molar-refractivity contribution is 5.84. The van der Waals surface area contributed by atoms with Crippen molar-refractivity contribution in [3.8, 4) is 17.1 Å². The maximum Gasteiger partial charge on any atom is 0.254 e. The Balaban J connectivity index is 1.29. The van der Waals surface area contributed by atoms with E-state index in [1.165, 1.54) is 0 Å². The van der Waals surface area contributed by atoms with Crippen molar-refractivity contribution in [2.75, 3.05) is 11.9 Å². The second-order valence-electron chi connectivity index (χ2n) is 11.7. The number of aliphatic hydroxyl groups is 2. The zero-order chi connectivity index (χ0) is 32.3. The number of nitrogens with zero attached hydrogens (tertiary/aromatic N) is 7. The molecule has 1 aliphatic carbocycles. The van der Waals surface area contributed by atoms with Crippen LogP contribution in [0.4, 0.5) is 5.82 Å². The summed E-state index contributed by atoms with van der Waals surface area (Å²) in [4.78, 5) is 30.7. The number of pyridine rings is 1. The first-order valence-corrected chi connectivity index (χ1v) is 15.7. The molecule has 47 heavy (non-hydrogen) atoms. The number of amides is 1. The molecule has 0 spiro atoms. The van der Waals surface area contributed by atoms with Gasteiger partial charge in [0.2, 0.25) is 5.91 Å². The van der Waals surface area contributed by atoms with Crippen LogP contribution < -0.4 is 10.6 Å². The maximum absolute atomic E-state index is 12.1. The van der Waals surface area contributed by atoms with Crippen LogP contribution in [0, 0.1) is 0 Å². The van der Waals surface area contributed by atoms with Crippen molar-refractivity contribution in [3.63, 3.8) is 0 Å². The summed E-state index contributed by atoms with van der Waals surface area (Å²) in [5, 5.41) is 32.9. The molecule has 4 N–H and O–H groups in total. The van der Waals surface area contributed by atoms with E-state index in [9.17, 15) is 15.0 Å². The first-order chi connectivity index (χ1) is 23.0. The van der Waals surface area contributed by atoms with Crippen LogP contribution >= 0.6 is 0 Å². The number of hydrogen-bond acceptors (Lipinski definition) is 9. The summed E-state index contributed by atoms with van der Waals surface area (Å²) in [7, 11) is 0. The van der Waals surface area contributed by atoms with Crippen LogP contribution in [0.5, 0.6) is 0 Å². The highest BCUT2D eigenvalue weighted by Crippen LogP contribution is 2.35. The van der Waals surface area contributed by atoms with Crippen molar-refractivity contribution in [3.05, 3.63) is 115 Å². The zero-order valence-corrected chi connectivity index (χ0v) is 25.8. The van der Waals surface area contributed by atoms with Gasteiger partial charge in [0.25, 0.3) is 5.95 Å². The number of fused-ring (bicyclic) bond motifs is 1. The van der Waals surface area contributed by atoms with E-state index >= 15 is 0 Å². The minimum absolute atomic E-state index is 0.0192. The highest BCUT2D eigenvalue weighted by Gasteiger charge is 2.43. The van der Waals surface area contributed by atoms with Gasteiger partial charge in [0.15, 0.2) is 17.0 Å². The molecule has 1 saturated carbocycles. The molecule has 1 fully saturated rings. The number of aromatic nitrogens is 7. The van der Waals surface area contributed by atoms with E-state index in [1.807, 2.05) is 54.7 Å². The number of benzene rings is 2. The summed E-state index contributed by atoms with van der Waals surface area (Å²) >= 11 is 0. The van der Waals surface area contributed by atoms with Gasteiger partial charge in [-0.2, -0.15) is 15.1 Å². The SMILES string of the molecule is CCC(=O)N[C@H]1C[C@@H](n2cnc3c(NCC(c4ccccc4)c4ccccc4)nc(-n4cc(-c5ccncc5)cn4)nc32)[C@H](O)[C@@H]1O. The minimum atomic E-state index is -1.15. The van der Waals surface area contributed by atoms with Crippen LogP contribution in [-0.2, 0) is 4.79 Å². The molecule has 0 aliphatic heterocycles. The molecule has 0 radical (unpaired) electrons. The predicted octanol–water partition coefficient (Wildman–Crippen LogP) is 3.88. The Morgan fingerprint density at radius 2 is 1.64 bits per heavy atom. The number of carbonyl (C=O) groups is 1. The van der Waals surface area contributed by atoms with Crippen molar-refractivity contribution >= 4 is 22.9 Å². The second-order valence-corrected chi connectivity index (χ2v) is 11.7. The number of aliphatic hydroxyl groups excluding tert-OH is 2. The van der Waals surface area contributed by atoms with Crippen LogP contribution in [0.3, 0.4) is 0 Å². The van der Waals surface area contributed by atoms with Crippen molar-refractivity contribution < 1.29 is 15.0 Å². The van der Waals surface area contributed by atoms with E-state index in [-0.39, 0.29) is 18.2 Å². The third-order valence-electron chi connectivity index (χ3n) is 8.76. The van der Waals surface area contributed by atoms with Gasteiger partial charge in [0.05, 0.1) is 24.6 Å². The number of imidazole rings is 1. The van der Waals surface area contributed by atoms with E-state index in [0.717, 1.165) is 22.3 Å². The number of carbonyl (C=O) groups excluding carboxylic acids is 1. The molecule has 6 aromatic rings. The van der Waals surface area contributed by atoms with Crippen molar-refractivity contribution in [1.82, 2.24) is 39.6 Å². The topological polar surface area (TPSA) is 156 Å². The fourth-order valence-corrected chi connectivity index (χ4v) is 6.23. The normalized spacial score (nSPS) is 19.3. The Morgan fingerprint density at radius 3 is 2.32 bits per heavy atom. The van der Waals surface area contributed by atoms with Crippen LogP contribution in [0.1, 0.15) is 42.9 Å². The molecule has 4 atom stereocenters. The van der Waals surface area contributed by atoms with Crippen molar-refractivity contribution in [2.24, 2.45) is 0 Å². The van der Waals surface area contributed by atoms with Gasteiger partial charge >= 0.3 is 0 Å². The lowest BCUT2D eigenvalue weighted by molar-refractivity contribution is -0.122. The molecule has 4 aromatic heterocycles. The van der Waals surface area contributed by atoms with Crippen LogP contribution in [0.2, 0.25) is 0 Å². The standard InChI is InChI=1S/C35H35N9O3/c1-2-29(45)40-27-17-28(32(47)31(27)46)43-21-38-30-33(37-19-26(23-9-5-3-6-10-23)24-11-7-4-8-12-24)41-35(42-34(30)43)44-20-25(18-39-44)22-13-15-36-16-14-22/h3-16,18,20-21,26-28,31-32,46-47H,2,17,19H2,1H3,(H,40,45)(H,37,41,42)/t27-,28+,31+,32-/m0/s1. The van der Waals surface area contributed by atoms with E-state index in [0.29, 0.717) is 35.9 Å². The van der Waals surface area contributed by atoms with Gasteiger partial charge in [-0.25, -0.2) is 9.67 Å². The van der Waals surface area contributed by atoms with E-state index in [1.54, 1.807) is 41.1 Å². The summed E-state index contributed by atoms with van der Waals surface area (Å²) in [6.45, 7) is 2.26. The lowest BCUT2D eigenvalue weighted by Crippen LogP contribution is -2.42. The average Bonchev–Trinajstić information content (AvgIpc) is 3.85. The molecule has 7 rings (SSSR count). The van der Waals surface area contributed by atoms with Gasteiger partial charge < -0.3 is 25.4 Å². The van der Waals surface area contributed by atoms with Crippen molar-refractivity contribution in [1.29, 1.82) is 0 Å². The molecule has 238 valence electrons. The smallest absolute Gasteiger partial charge is 0.254 e. The Morgan fingerprint density at radius 1 is 0.936 bits per heavy atom. The number of rotatable bonds is 10. The highest BCUT2D eigenvalue weighted by atomic mass is 16.3. The summed E-state index contributed by atoms with van der Waals surface area (Å²) < 4.78 is 3.37. The molecule has 12 nitrogen and oxygen atoms in total. The first kappa shape index (κ1) is 30.2. The summed E-state index contributed by atoms with van der Waals surface area (Å²) in [6.07, 6.45) is 6.95. The monoisotopic (exact) mass is 629 g/mol. The third kappa shape index (κ3) is 6.08. The maximum atomic E-state index is 12.1. The third-order valence-corrected chi connectivity index (χ3v) is 8.76. The van der Waals surface area contributed by atoms with Gasteiger partial charge in [-0.1, -0.05) is 67.6 Å². The van der Waals surface area contributed by atoms with Crippen LogP contribution in [-0.4, -0.2) is 75.2 Å². The molecular weight excluding hydrogens is 594 g/mol. The van der Waals surface area contributed by atoms with Gasteiger partial charge in [-0.05, 0) is 35.2 Å². The molecule has 0 saturated heterocycles. The summed E-state index contributed by atoms with van der Waals surface area (Å²) in [5.74, 6) is 0.640. The van der Waals surface area contributed by atoms with Gasteiger partial charge in [-0.3, -0.25) is 9.78 Å². The molecule has 4 heterocycles. The minimum Gasteiger partial charge on any atom is -0.388 e. The Kier molecular flexibility index (Phi) is 8.42.